The number of aliphatic hydroxyl groups excluding tert-OH is 1. The zero-order chi connectivity index (χ0) is 15.8. The van der Waals surface area contributed by atoms with E-state index in [0.717, 1.165) is 6.07 Å². The average molecular weight is 318 g/mol. The standard InChI is InChI=1S/C14H20F2N2O2S/c1-9(13(8-19)21-2)18-14(20)17-6-5-10-3-4-11(15)7-12(10)16/h3-4,7,9,13,19H,5-6,8H2,1-2H3,(H2,17,18,20). The molecule has 0 spiro atoms. The number of aliphatic hydroxyl groups is 1. The first-order valence-electron chi connectivity index (χ1n) is 6.60. The van der Waals surface area contributed by atoms with Crippen molar-refractivity contribution in [2.45, 2.75) is 24.6 Å². The number of benzene rings is 1. The Morgan fingerprint density at radius 1 is 1.43 bits per heavy atom. The Balaban J connectivity index is 2.36. The number of rotatable bonds is 7. The number of halogens is 2. The first-order valence-corrected chi connectivity index (χ1v) is 7.88. The lowest BCUT2D eigenvalue weighted by atomic mass is 10.1. The van der Waals surface area contributed by atoms with Crippen LogP contribution < -0.4 is 10.6 Å². The number of urea groups is 1. The summed E-state index contributed by atoms with van der Waals surface area (Å²) in [4.78, 5) is 11.7. The predicted molar refractivity (Wildman–Crippen MR) is 80.4 cm³/mol. The molecule has 1 rings (SSSR count). The fourth-order valence-electron chi connectivity index (χ4n) is 1.82. The van der Waals surface area contributed by atoms with Crippen LogP contribution in [0.5, 0.6) is 0 Å². The Hall–Kier alpha value is -1.34. The molecule has 0 aromatic heterocycles. The summed E-state index contributed by atoms with van der Waals surface area (Å²) in [6.07, 6.45) is 2.13. The average Bonchev–Trinajstić information content (AvgIpc) is 2.42. The van der Waals surface area contributed by atoms with E-state index in [1.165, 1.54) is 23.9 Å². The van der Waals surface area contributed by atoms with E-state index in [4.69, 9.17) is 5.11 Å². The fourth-order valence-corrected chi connectivity index (χ4v) is 2.45. The van der Waals surface area contributed by atoms with Gasteiger partial charge in [-0.25, -0.2) is 13.6 Å². The fraction of sp³-hybridized carbons (Fsp3) is 0.500. The Morgan fingerprint density at radius 3 is 2.71 bits per heavy atom. The van der Waals surface area contributed by atoms with Crippen molar-refractivity contribution < 1.29 is 18.7 Å². The summed E-state index contributed by atoms with van der Waals surface area (Å²) < 4.78 is 26.1. The minimum Gasteiger partial charge on any atom is -0.395 e. The van der Waals surface area contributed by atoms with Gasteiger partial charge in [-0.2, -0.15) is 11.8 Å². The van der Waals surface area contributed by atoms with Gasteiger partial charge in [0.05, 0.1) is 6.61 Å². The van der Waals surface area contributed by atoms with E-state index >= 15 is 0 Å². The molecule has 118 valence electrons. The van der Waals surface area contributed by atoms with Gasteiger partial charge in [0.1, 0.15) is 11.6 Å². The van der Waals surface area contributed by atoms with Crippen LogP contribution in [0.15, 0.2) is 18.2 Å². The van der Waals surface area contributed by atoms with E-state index in [0.29, 0.717) is 5.56 Å². The van der Waals surface area contributed by atoms with E-state index in [1.54, 1.807) is 6.92 Å². The maximum atomic E-state index is 13.4. The summed E-state index contributed by atoms with van der Waals surface area (Å²) in [5.74, 6) is -1.24. The van der Waals surface area contributed by atoms with Crippen LogP contribution in [0.1, 0.15) is 12.5 Å². The van der Waals surface area contributed by atoms with Gasteiger partial charge in [-0.3, -0.25) is 0 Å². The molecule has 4 nitrogen and oxygen atoms in total. The Morgan fingerprint density at radius 2 is 2.14 bits per heavy atom. The molecule has 0 radical (unpaired) electrons. The molecule has 1 aromatic carbocycles. The number of hydrogen-bond donors (Lipinski definition) is 3. The van der Waals surface area contributed by atoms with E-state index in [-0.39, 0.29) is 36.9 Å². The van der Waals surface area contributed by atoms with Gasteiger partial charge in [-0.15, -0.1) is 0 Å². The van der Waals surface area contributed by atoms with Crippen molar-refractivity contribution in [1.29, 1.82) is 0 Å². The van der Waals surface area contributed by atoms with Gasteiger partial charge in [0.25, 0.3) is 0 Å². The first-order chi connectivity index (χ1) is 9.97. The number of nitrogens with one attached hydrogen (secondary N) is 2. The highest BCUT2D eigenvalue weighted by molar-refractivity contribution is 7.99. The van der Waals surface area contributed by atoms with Gasteiger partial charge in [0.2, 0.25) is 0 Å². The van der Waals surface area contributed by atoms with Crippen LogP contribution in [0.2, 0.25) is 0 Å². The largest absolute Gasteiger partial charge is 0.395 e. The normalized spacial score (nSPS) is 13.6. The van der Waals surface area contributed by atoms with E-state index < -0.39 is 11.6 Å². The third kappa shape index (κ3) is 5.89. The van der Waals surface area contributed by atoms with E-state index in [2.05, 4.69) is 10.6 Å². The molecule has 2 unspecified atom stereocenters. The third-order valence-corrected chi connectivity index (χ3v) is 4.26. The van der Waals surface area contributed by atoms with Crippen LogP contribution in [0.4, 0.5) is 13.6 Å². The SMILES string of the molecule is CSC(CO)C(C)NC(=O)NCCc1ccc(F)cc1F. The highest BCUT2D eigenvalue weighted by Gasteiger charge is 2.17. The molecule has 0 saturated carbocycles. The van der Waals surface area contributed by atoms with Gasteiger partial charge in [0, 0.05) is 23.9 Å². The topological polar surface area (TPSA) is 61.4 Å². The quantitative estimate of drug-likeness (QED) is 0.720. The first kappa shape index (κ1) is 17.7. The Bertz CT molecular complexity index is 470. The Kier molecular flexibility index (Phi) is 7.45. The molecule has 1 aromatic rings. The number of hydrogen-bond acceptors (Lipinski definition) is 3. The summed E-state index contributed by atoms with van der Waals surface area (Å²) >= 11 is 1.47. The van der Waals surface area contributed by atoms with Crippen LogP contribution in [0, 0.1) is 11.6 Å². The van der Waals surface area contributed by atoms with Gasteiger partial charge >= 0.3 is 6.03 Å². The second-order valence-electron chi connectivity index (χ2n) is 4.63. The van der Waals surface area contributed by atoms with Crippen LogP contribution in [-0.4, -0.2) is 41.8 Å². The lowest BCUT2D eigenvalue weighted by Gasteiger charge is -2.21. The van der Waals surface area contributed by atoms with Crippen LogP contribution in [-0.2, 0) is 6.42 Å². The monoisotopic (exact) mass is 318 g/mol. The molecule has 0 aliphatic heterocycles. The zero-order valence-electron chi connectivity index (χ0n) is 12.0. The molecular weight excluding hydrogens is 298 g/mol. The molecule has 7 heteroatoms. The number of amides is 2. The van der Waals surface area contributed by atoms with Gasteiger partial charge < -0.3 is 15.7 Å². The van der Waals surface area contributed by atoms with Crippen LogP contribution in [0.25, 0.3) is 0 Å². The lowest BCUT2D eigenvalue weighted by Crippen LogP contribution is -2.46. The minimum absolute atomic E-state index is 0.0244. The van der Waals surface area contributed by atoms with Crippen molar-refractivity contribution in [3.63, 3.8) is 0 Å². The van der Waals surface area contributed by atoms with Crippen molar-refractivity contribution in [3.05, 3.63) is 35.4 Å². The van der Waals surface area contributed by atoms with Gasteiger partial charge in [-0.05, 0) is 31.2 Å². The summed E-state index contributed by atoms with van der Waals surface area (Å²) in [7, 11) is 0. The molecular formula is C14H20F2N2O2S. The Labute approximate surface area is 127 Å². The molecule has 0 bridgehead atoms. The van der Waals surface area contributed by atoms with Gasteiger partial charge in [0.15, 0.2) is 0 Å². The van der Waals surface area contributed by atoms with Crippen molar-refractivity contribution in [1.82, 2.24) is 10.6 Å². The number of carbonyl (C=O) groups excluding carboxylic acids is 1. The number of carbonyl (C=O) groups is 1. The third-order valence-electron chi connectivity index (χ3n) is 3.09. The maximum absolute atomic E-state index is 13.4. The van der Waals surface area contributed by atoms with Crippen LogP contribution in [0.3, 0.4) is 0 Å². The van der Waals surface area contributed by atoms with Gasteiger partial charge in [-0.1, -0.05) is 6.07 Å². The predicted octanol–water partition coefficient (Wildman–Crippen LogP) is 1.92. The molecule has 0 aliphatic carbocycles. The van der Waals surface area contributed by atoms with Crippen molar-refractivity contribution in [2.75, 3.05) is 19.4 Å². The summed E-state index contributed by atoms with van der Waals surface area (Å²) in [6.45, 7) is 2.02. The minimum atomic E-state index is -0.622. The molecule has 2 atom stereocenters. The van der Waals surface area contributed by atoms with E-state index in [9.17, 15) is 13.6 Å². The molecule has 3 N–H and O–H groups in total. The van der Waals surface area contributed by atoms with Crippen molar-refractivity contribution in [3.8, 4) is 0 Å². The second-order valence-corrected chi connectivity index (χ2v) is 5.71. The maximum Gasteiger partial charge on any atom is 0.315 e. The molecule has 2 amide bonds. The molecule has 0 aliphatic rings. The highest BCUT2D eigenvalue weighted by atomic mass is 32.2. The zero-order valence-corrected chi connectivity index (χ0v) is 12.8. The van der Waals surface area contributed by atoms with Crippen molar-refractivity contribution >= 4 is 17.8 Å². The summed E-state index contributed by atoms with van der Waals surface area (Å²) in [5.41, 5.74) is 0.349. The van der Waals surface area contributed by atoms with Crippen LogP contribution >= 0.6 is 11.8 Å². The summed E-state index contributed by atoms with van der Waals surface area (Å²) in [6, 6.07) is 2.81. The van der Waals surface area contributed by atoms with Crippen molar-refractivity contribution in [2.24, 2.45) is 0 Å². The second kappa shape index (κ2) is 8.84. The molecule has 0 saturated heterocycles. The summed E-state index contributed by atoms with van der Waals surface area (Å²) in [5, 5.41) is 14.4. The smallest absolute Gasteiger partial charge is 0.315 e. The lowest BCUT2D eigenvalue weighted by molar-refractivity contribution is 0.232. The highest BCUT2D eigenvalue weighted by Crippen LogP contribution is 2.10. The molecule has 0 fully saturated rings. The number of thioether (sulfide) groups is 1. The molecule has 0 heterocycles. The van der Waals surface area contributed by atoms with E-state index in [1.807, 2.05) is 6.26 Å². The molecule has 21 heavy (non-hydrogen) atoms.